The number of rotatable bonds is 4. The van der Waals surface area contributed by atoms with Crippen LogP contribution in [-0.4, -0.2) is 42.7 Å². The van der Waals surface area contributed by atoms with Crippen molar-refractivity contribution in [3.05, 3.63) is 48.0 Å². The summed E-state index contributed by atoms with van der Waals surface area (Å²) in [6.07, 6.45) is 1.39. The number of para-hydroxylation sites is 3. The third kappa shape index (κ3) is 3.34. The summed E-state index contributed by atoms with van der Waals surface area (Å²) >= 11 is 0. The van der Waals surface area contributed by atoms with Crippen LogP contribution >= 0.6 is 0 Å². The highest BCUT2D eigenvalue weighted by Gasteiger charge is 2.41. The molecular weight excluding hydrogens is 382 g/mol. The third-order valence-corrected chi connectivity index (χ3v) is 5.85. The minimum atomic E-state index is -0.268. The van der Waals surface area contributed by atoms with Crippen LogP contribution in [0, 0.1) is 0 Å². The van der Waals surface area contributed by atoms with E-state index >= 15 is 0 Å². The number of fused-ring (bicyclic) bond motifs is 4. The zero-order valence-electron chi connectivity index (χ0n) is 17.1. The van der Waals surface area contributed by atoms with Gasteiger partial charge in [0.15, 0.2) is 18.1 Å². The summed E-state index contributed by atoms with van der Waals surface area (Å²) in [5.74, 6) is 1.08. The SMILES string of the molecule is CC1(C)Cc2cccc(OCC(=O)N[C@H]3C[C@H]4C(=O)Nc5ccccc5N4C3)c2O1. The van der Waals surface area contributed by atoms with Crippen molar-refractivity contribution in [3.8, 4) is 11.5 Å². The number of amides is 2. The molecule has 156 valence electrons. The van der Waals surface area contributed by atoms with Crippen molar-refractivity contribution >= 4 is 23.2 Å². The van der Waals surface area contributed by atoms with E-state index in [2.05, 4.69) is 15.5 Å². The van der Waals surface area contributed by atoms with Crippen molar-refractivity contribution < 1.29 is 19.1 Å². The molecule has 2 amide bonds. The predicted octanol–water partition coefficient (Wildman–Crippen LogP) is 2.49. The van der Waals surface area contributed by atoms with Gasteiger partial charge in [-0.3, -0.25) is 9.59 Å². The van der Waals surface area contributed by atoms with Gasteiger partial charge in [-0.25, -0.2) is 0 Å². The molecule has 1 saturated heterocycles. The molecule has 0 radical (unpaired) electrons. The van der Waals surface area contributed by atoms with Crippen LogP contribution in [0.1, 0.15) is 25.8 Å². The van der Waals surface area contributed by atoms with E-state index in [9.17, 15) is 9.59 Å². The Kier molecular flexibility index (Phi) is 4.34. The van der Waals surface area contributed by atoms with Crippen LogP contribution in [0.25, 0.3) is 0 Å². The lowest BCUT2D eigenvalue weighted by molar-refractivity contribution is -0.124. The molecule has 0 unspecified atom stereocenters. The number of nitrogens with zero attached hydrogens (tertiary/aromatic N) is 1. The molecule has 3 aliphatic rings. The van der Waals surface area contributed by atoms with Crippen LogP contribution in [0.5, 0.6) is 11.5 Å². The molecule has 0 spiro atoms. The first-order chi connectivity index (χ1) is 14.4. The van der Waals surface area contributed by atoms with E-state index in [1.807, 2.05) is 56.3 Å². The smallest absolute Gasteiger partial charge is 0.258 e. The molecule has 0 bridgehead atoms. The summed E-state index contributed by atoms with van der Waals surface area (Å²) in [5.41, 5.74) is 2.63. The molecule has 2 N–H and O–H groups in total. The number of nitrogens with one attached hydrogen (secondary N) is 2. The molecule has 7 heteroatoms. The van der Waals surface area contributed by atoms with Gasteiger partial charge in [0.25, 0.3) is 5.91 Å². The Morgan fingerprint density at radius 1 is 1.27 bits per heavy atom. The van der Waals surface area contributed by atoms with E-state index in [1.54, 1.807) is 0 Å². The Balaban J connectivity index is 1.21. The van der Waals surface area contributed by atoms with Gasteiger partial charge in [-0.2, -0.15) is 0 Å². The summed E-state index contributed by atoms with van der Waals surface area (Å²) in [4.78, 5) is 27.0. The summed E-state index contributed by atoms with van der Waals surface area (Å²) in [7, 11) is 0. The van der Waals surface area contributed by atoms with Gasteiger partial charge in [0.05, 0.1) is 11.4 Å². The molecule has 2 aromatic carbocycles. The van der Waals surface area contributed by atoms with Gasteiger partial charge in [0.2, 0.25) is 5.91 Å². The average molecular weight is 407 g/mol. The van der Waals surface area contributed by atoms with Crippen LogP contribution < -0.4 is 25.0 Å². The van der Waals surface area contributed by atoms with Crippen LogP contribution in [0.3, 0.4) is 0 Å². The Morgan fingerprint density at radius 2 is 2.10 bits per heavy atom. The second-order valence-electron chi connectivity index (χ2n) is 8.75. The molecule has 5 rings (SSSR count). The number of carbonyl (C=O) groups excluding carboxylic acids is 2. The maximum absolute atomic E-state index is 12.5. The number of benzene rings is 2. The lowest BCUT2D eigenvalue weighted by Crippen LogP contribution is -2.44. The van der Waals surface area contributed by atoms with Crippen molar-refractivity contribution in [2.75, 3.05) is 23.4 Å². The van der Waals surface area contributed by atoms with E-state index in [0.717, 1.165) is 29.1 Å². The number of hydrogen-bond acceptors (Lipinski definition) is 5. The fourth-order valence-corrected chi connectivity index (χ4v) is 4.61. The Hall–Kier alpha value is -3.22. The van der Waals surface area contributed by atoms with Gasteiger partial charge >= 0.3 is 0 Å². The number of ether oxygens (including phenoxy) is 2. The number of anilines is 2. The largest absolute Gasteiger partial charge is 0.483 e. The molecule has 3 aliphatic heterocycles. The standard InChI is InChI=1S/C23H25N3O4/c1-23(2)11-14-6-5-9-19(21(14)30-23)29-13-20(27)24-15-10-18-22(28)25-16-7-3-4-8-17(16)26(18)12-15/h3-9,15,18H,10-13H2,1-2H3,(H,24,27)(H,25,28)/t15-,18-/m0/s1. The summed E-state index contributed by atoms with van der Waals surface area (Å²) in [6, 6.07) is 13.1. The number of hydrogen-bond donors (Lipinski definition) is 2. The van der Waals surface area contributed by atoms with Gasteiger partial charge in [0, 0.05) is 24.6 Å². The van der Waals surface area contributed by atoms with E-state index in [1.165, 1.54) is 0 Å². The lowest BCUT2D eigenvalue weighted by atomic mass is 10.0. The van der Waals surface area contributed by atoms with E-state index in [4.69, 9.17) is 9.47 Å². The van der Waals surface area contributed by atoms with E-state index in [0.29, 0.717) is 18.7 Å². The van der Waals surface area contributed by atoms with Gasteiger partial charge in [-0.1, -0.05) is 24.3 Å². The molecule has 30 heavy (non-hydrogen) atoms. The molecular formula is C23H25N3O4. The molecule has 3 heterocycles. The van der Waals surface area contributed by atoms with Crippen LogP contribution in [0.4, 0.5) is 11.4 Å². The van der Waals surface area contributed by atoms with Crippen molar-refractivity contribution in [2.45, 2.75) is 44.4 Å². The highest BCUT2D eigenvalue weighted by atomic mass is 16.5. The van der Waals surface area contributed by atoms with E-state index in [-0.39, 0.29) is 36.1 Å². The quantitative estimate of drug-likeness (QED) is 0.814. The first kappa shape index (κ1) is 18.8. The molecule has 1 fully saturated rings. The molecule has 0 aliphatic carbocycles. The highest BCUT2D eigenvalue weighted by molar-refractivity contribution is 6.04. The fourth-order valence-electron chi connectivity index (χ4n) is 4.61. The summed E-state index contributed by atoms with van der Waals surface area (Å²) in [5, 5.41) is 5.96. The van der Waals surface area contributed by atoms with Gasteiger partial charge < -0.3 is 25.0 Å². The molecule has 2 aromatic rings. The predicted molar refractivity (Wildman–Crippen MR) is 113 cm³/mol. The Labute approximate surface area is 175 Å². The highest BCUT2D eigenvalue weighted by Crippen LogP contribution is 2.41. The summed E-state index contributed by atoms with van der Waals surface area (Å²) in [6.45, 7) is 4.57. The molecule has 0 saturated carbocycles. The minimum absolute atomic E-state index is 0.0266. The topological polar surface area (TPSA) is 79.9 Å². The number of carbonyl (C=O) groups is 2. The Morgan fingerprint density at radius 3 is 2.97 bits per heavy atom. The fraction of sp³-hybridized carbons (Fsp3) is 0.391. The second-order valence-corrected chi connectivity index (χ2v) is 8.75. The van der Waals surface area contributed by atoms with Crippen LogP contribution in [0.15, 0.2) is 42.5 Å². The first-order valence-corrected chi connectivity index (χ1v) is 10.3. The van der Waals surface area contributed by atoms with Crippen molar-refractivity contribution in [2.24, 2.45) is 0 Å². The molecule has 0 aromatic heterocycles. The van der Waals surface area contributed by atoms with Crippen molar-refractivity contribution in [1.29, 1.82) is 0 Å². The van der Waals surface area contributed by atoms with E-state index < -0.39 is 0 Å². The monoisotopic (exact) mass is 407 g/mol. The summed E-state index contributed by atoms with van der Waals surface area (Å²) < 4.78 is 11.8. The second kappa shape index (κ2) is 6.93. The zero-order valence-corrected chi connectivity index (χ0v) is 17.1. The third-order valence-electron chi connectivity index (χ3n) is 5.85. The van der Waals surface area contributed by atoms with Gasteiger partial charge in [-0.05, 0) is 38.5 Å². The van der Waals surface area contributed by atoms with Gasteiger partial charge in [-0.15, -0.1) is 0 Å². The molecule has 2 atom stereocenters. The molecule has 7 nitrogen and oxygen atoms in total. The first-order valence-electron chi connectivity index (χ1n) is 10.3. The zero-order chi connectivity index (χ0) is 20.9. The minimum Gasteiger partial charge on any atom is -0.483 e. The van der Waals surface area contributed by atoms with Crippen molar-refractivity contribution in [1.82, 2.24) is 5.32 Å². The average Bonchev–Trinajstić information content (AvgIpc) is 3.26. The normalized spacial score (nSPS) is 23.0. The van der Waals surface area contributed by atoms with Crippen LogP contribution in [0.2, 0.25) is 0 Å². The lowest BCUT2D eigenvalue weighted by Gasteiger charge is -2.32. The van der Waals surface area contributed by atoms with Gasteiger partial charge in [0.1, 0.15) is 11.6 Å². The maximum atomic E-state index is 12.5. The Bertz CT molecular complexity index is 1020. The van der Waals surface area contributed by atoms with Crippen molar-refractivity contribution in [3.63, 3.8) is 0 Å². The maximum Gasteiger partial charge on any atom is 0.258 e. The van der Waals surface area contributed by atoms with Crippen LogP contribution in [-0.2, 0) is 16.0 Å².